The Balaban J connectivity index is 0.00000220. The van der Waals surface area contributed by atoms with Crippen molar-refractivity contribution in [2.24, 2.45) is 5.73 Å². The molecule has 0 spiro atoms. The van der Waals surface area contributed by atoms with E-state index < -0.39 is 5.54 Å². The zero-order chi connectivity index (χ0) is 14.8. The van der Waals surface area contributed by atoms with E-state index in [1.807, 2.05) is 0 Å². The number of carbonyl (C=O) groups is 1. The number of halogens is 2. The number of nitrogens with one attached hydrogen (secondary N) is 1. The van der Waals surface area contributed by atoms with E-state index in [4.69, 9.17) is 5.73 Å². The Morgan fingerprint density at radius 1 is 1.32 bits per heavy atom. The van der Waals surface area contributed by atoms with Gasteiger partial charge in [-0.1, -0.05) is 40.0 Å². The minimum atomic E-state index is -0.664. The van der Waals surface area contributed by atoms with Crippen LogP contribution in [0.25, 0.3) is 0 Å². The predicted octanol–water partition coefficient (Wildman–Crippen LogP) is 3.56. The maximum absolute atomic E-state index is 12.2. The highest BCUT2D eigenvalue weighted by atomic mass is 35.5. The first-order chi connectivity index (χ1) is 9.31. The van der Waals surface area contributed by atoms with E-state index in [-0.39, 0.29) is 36.1 Å². The van der Waals surface area contributed by atoms with Crippen LogP contribution in [0.5, 0.6) is 0 Å². The lowest BCUT2D eigenvalue weighted by atomic mass is 9.82. The van der Waals surface area contributed by atoms with E-state index in [0.717, 1.165) is 36.4 Å². The number of aromatic nitrogens is 1. The van der Waals surface area contributed by atoms with Gasteiger partial charge in [0.05, 0.1) is 17.8 Å². The van der Waals surface area contributed by atoms with Gasteiger partial charge >= 0.3 is 0 Å². The van der Waals surface area contributed by atoms with E-state index in [9.17, 15) is 4.79 Å². The first-order valence-corrected chi connectivity index (χ1v) is 8.21. The summed E-state index contributed by atoms with van der Waals surface area (Å²) in [5, 5.41) is 5.97. The summed E-state index contributed by atoms with van der Waals surface area (Å²) in [4.78, 5) is 16.8. The summed E-state index contributed by atoms with van der Waals surface area (Å²) in [6.45, 7) is 6.91. The standard InChI is InChI=1S/C15H25N3OS.2ClH/c1-14(2,3)11-10-20-12(18-11)9-17-13(19)15(16)7-5-4-6-8-15;;/h10H,4-9,16H2,1-3H3,(H,17,19);2*1H. The molecule has 1 aromatic rings. The molecule has 1 aromatic heterocycles. The van der Waals surface area contributed by atoms with Gasteiger partial charge in [0, 0.05) is 10.8 Å². The minimum absolute atomic E-state index is 0. The highest BCUT2D eigenvalue weighted by Crippen LogP contribution is 2.27. The fraction of sp³-hybridized carbons (Fsp3) is 0.733. The van der Waals surface area contributed by atoms with Gasteiger partial charge in [0.1, 0.15) is 5.01 Å². The van der Waals surface area contributed by atoms with Crippen molar-refractivity contribution < 1.29 is 4.79 Å². The van der Waals surface area contributed by atoms with Gasteiger partial charge in [-0.15, -0.1) is 36.2 Å². The summed E-state index contributed by atoms with van der Waals surface area (Å²) in [5.74, 6) is -0.0234. The Morgan fingerprint density at radius 3 is 2.41 bits per heavy atom. The molecule has 0 unspecified atom stereocenters. The molecule has 0 radical (unpaired) electrons. The summed E-state index contributed by atoms with van der Waals surface area (Å²) < 4.78 is 0. The number of carbonyl (C=O) groups excluding carboxylic acids is 1. The van der Waals surface area contributed by atoms with Crippen molar-refractivity contribution in [2.45, 2.75) is 70.4 Å². The van der Waals surface area contributed by atoms with Gasteiger partial charge in [0.15, 0.2) is 0 Å². The molecular weight excluding hydrogens is 341 g/mol. The van der Waals surface area contributed by atoms with Crippen LogP contribution in [0.3, 0.4) is 0 Å². The number of hydrogen-bond acceptors (Lipinski definition) is 4. The van der Waals surface area contributed by atoms with Gasteiger partial charge < -0.3 is 11.1 Å². The quantitative estimate of drug-likeness (QED) is 0.857. The van der Waals surface area contributed by atoms with Crippen molar-refractivity contribution in [2.75, 3.05) is 0 Å². The summed E-state index contributed by atoms with van der Waals surface area (Å²) in [7, 11) is 0. The van der Waals surface area contributed by atoms with Gasteiger partial charge in [-0.05, 0) is 12.8 Å². The van der Waals surface area contributed by atoms with E-state index in [2.05, 4.69) is 36.5 Å². The molecule has 1 heterocycles. The van der Waals surface area contributed by atoms with E-state index in [0.29, 0.717) is 6.54 Å². The Hall–Kier alpha value is -0.360. The van der Waals surface area contributed by atoms with Crippen LogP contribution in [0.4, 0.5) is 0 Å². The van der Waals surface area contributed by atoms with Gasteiger partial charge in [0.2, 0.25) is 5.91 Å². The van der Waals surface area contributed by atoms with Gasteiger partial charge in [-0.2, -0.15) is 0 Å². The lowest BCUT2D eigenvalue weighted by molar-refractivity contribution is -0.127. The molecule has 1 aliphatic rings. The highest BCUT2D eigenvalue weighted by Gasteiger charge is 2.35. The van der Waals surface area contributed by atoms with Crippen LogP contribution in [0.1, 0.15) is 63.6 Å². The lowest BCUT2D eigenvalue weighted by Crippen LogP contribution is -2.54. The number of nitrogens with two attached hydrogens (primary N) is 1. The molecule has 0 saturated heterocycles. The third kappa shape index (κ3) is 5.37. The average Bonchev–Trinajstić information content (AvgIpc) is 2.85. The molecule has 0 atom stereocenters. The van der Waals surface area contributed by atoms with Crippen LogP contribution in [0.2, 0.25) is 0 Å². The SMILES string of the molecule is CC(C)(C)c1csc(CNC(=O)C2(N)CCCCC2)n1.Cl.Cl. The van der Waals surface area contributed by atoms with Crippen molar-refractivity contribution in [3.05, 3.63) is 16.1 Å². The minimum Gasteiger partial charge on any atom is -0.348 e. The van der Waals surface area contributed by atoms with Crippen LogP contribution in [-0.2, 0) is 16.8 Å². The number of thiazole rings is 1. The summed E-state index contributed by atoms with van der Waals surface area (Å²) in [6, 6.07) is 0. The van der Waals surface area contributed by atoms with Crippen molar-refractivity contribution in [1.29, 1.82) is 0 Å². The molecule has 1 saturated carbocycles. The molecular formula is C15H27Cl2N3OS. The van der Waals surface area contributed by atoms with Crippen LogP contribution in [0.15, 0.2) is 5.38 Å². The van der Waals surface area contributed by atoms with Crippen LogP contribution in [-0.4, -0.2) is 16.4 Å². The Kier molecular flexibility index (Phi) is 8.34. The Bertz CT molecular complexity index is 479. The first kappa shape index (κ1) is 21.6. The van der Waals surface area contributed by atoms with E-state index >= 15 is 0 Å². The van der Waals surface area contributed by atoms with Gasteiger partial charge in [0.25, 0.3) is 0 Å². The maximum atomic E-state index is 12.2. The van der Waals surface area contributed by atoms with E-state index in [1.165, 1.54) is 6.42 Å². The smallest absolute Gasteiger partial charge is 0.240 e. The monoisotopic (exact) mass is 367 g/mol. The predicted molar refractivity (Wildman–Crippen MR) is 97.2 cm³/mol. The lowest BCUT2D eigenvalue weighted by Gasteiger charge is -2.31. The second-order valence-corrected chi connectivity index (χ2v) is 7.72. The molecule has 0 aliphatic heterocycles. The van der Waals surface area contributed by atoms with Crippen LogP contribution < -0.4 is 11.1 Å². The normalized spacial score (nSPS) is 17.1. The molecule has 3 N–H and O–H groups in total. The third-order valence-electron chi connectivity index (χ3n) is 3.92. The Morgan fingerprint density at radius 2 is 1.91 bits per heavy atom. The van der Waals surface area contributed by atoms with Crippen molar-refractivity contribution in [3.8, 4) is 0 Å². The number of nitrogens with zero attached hydrogens (tertiary/aromatic N) is 1. The third-order valence-corrected chi connectivity index (χ3v) is 4.77. The topological polar surface area (TPSA) is 68.0 Å². The fourth-order valence-corrected chi connectivity index (χ4v) is 3.44. The van der Waals surface area contributed by atoms with Crippen molar-refractivity contribution in [1.82, 2.24) is 10.3 Å². The molecule has 1 amide bonds. The number of rotatable bonds is 3. The molecule has 0 bridgehead atoms. The summed E-state index contributed by atoms with van der Waals surface area (Å²) >= 11 is 1.60. The zero-order valence-corrected chi connectivity index (χ0v) is 15.9. The number of amides is 1. The molecule has 4 nitrogen and oxygen atoms in total. The van der Waals surface area contributed by atoms with E-state index in [1.54, 1.807) is 11.3 Å². The fourth-order valence-electron chi connectivity index (χ4n) is 2.48. The molecule has 2 rings (SSSR count). The highest BCUT2D eigenvalue weighted by molar-refractivity contribution is 7.09. The largest absolute Gasteiger partial charge is 0.348 e. The second-order valence-electron chi connectivity index (χ2n) is 6.78. The molecule has 7 heteroatoms. The van der Waals surface area contributed by atoms with Crippen molar-refractivity contribution >= 4 is 42.1 Å². The molecule has 1 fully saturated rings. The maximum Gasteiger partial charge on any atom is 0.240 e. The second kappa shape index (κ2) is 8.48. The summed E-state index contributed by atoms with van der Waals surface area (Å²) in [5.41, 5.74) is 6.68. The Labute approximate surface area is 149 Å². The van der Waals surface area contributed by atoms with Crippen LogP contribution >= 0.6 is 36.2 Å². The van der Waals surface area contributed by atoms with Crippen molar-refractivity contribution in [3.63, 3.8) is 0 Å². The first-order valence-electron chi connectivity index (χ1n) is 7.33. The average molecular weight is 368 g/mol. The van der Waals surface area contributed by atoms with Crippen LogP contribution in [0, 0.1) is 0 Å². The molecule has 1 aliphatic carbocycles. The van der Waals surface area contributed by atoms with Gasteiger partial charge in [-0.3, -0.25) is 4.79 Å². The number of hydrogen-bond donors (Lipinski definition) is 2. The molecule has 128 valence electrons. The van der Waals surface area contributed by atoms with Gasteiger partial charge in [-0.25, -0.2) is 4.98 Å². The molecule has 0 aromatic carbocycles. The summed E-state index contributed by atoms with van der Waals surface area (Å²) in [6.07, 6.45) is 4.88. The zero-order valence-electron chi connectivity index (χ0n) is 13.5. The molecule has 22 heavy (non-hydrogen) atoms.